The van der Waals surface area contributed by atoms with Crippen LogP contribution in [-0.2, 0) is 23.8 Å². The number of aliphatic hydroxyl groups is 1. The Labute approximate surface area is 358 Å². The second kappa shape index (κ2) is 43.1. The highest BCUT2D eigenvalue weighted by Crippen LogP contribution is 2.16. The van der Waals surface area contributed by atoms with E-state index in [4.69, 9.17) is 14.2 Å². The van der Waals surface area contributed by atoms with Crippen molar-refractivity contribution < 1.29 is 38.5 Å². The molecule has 0 aromatic carbocycles. The fourth-order valence-corrected chi connectivity index (χ4v) is 6.84. The number of aliphatic carboxylic acids is 1. The number of esters is 1. The number of carbonyl (C=O) groups excluding carboxylic acids is 2. The highest BCUT2D eigenvalue weighted by atomic mass is 16.7. The minimum atomic E-state index is -1.57. The maximum Gasteiger partial charge on any atom is 0.305 e. The summed E-state index contributed by atoms with van der Waals surface area (Å²) in [4.78, 5) is 23.2. The Kier molecular flexibility index (Phi) is 41.6. The average Bonchev–Trinajstić information content (AvgIpc) is 3.19. The number of nitrogens with zero attached hydrogens (tertiary/aromatic N) is 1. The number of aliphatic hydroxyl groups excluding tert-OH is 1. The zero-order chi connectivity index (χ0) is 42.6. The van der Waals surface area contributed by atoms with Crippen molar-refractivity contribution in [1.29, 1.82) is 0 Å². The van der Waals surface area contributed by atoms with Crippen molar-refractivity contribution in [3.8, 4) is 0 Å². The SMILES string of the molecule is CCCCCCC/C=C\C/C=C\C/C=C\CCCCCCCCCCCCCCCCCCCCCCCCC(=O)OCC(O)COC(OCC[N+](C)(C)C)C(=O)[O-]. The first kappa shape index (κ1) is 56.0. The predicted octanol–water partition coefficient (Wildman–Crippen LogP) is 11.9. The van der Waals surface area contributed by atoms with Crippen LogP contribution in [0, 0.1) is 0 Å². The van der Waals surface area contributed by atoms with Gasteiger partial charge in [-0.05, 0) is 44.9 Å². The van der Waals surface area contributed by atoms with E-state index in [9.17, 15) is 19.8 Å². The van der Waals surface area contributed by atoms with Crippen LogP contribution in [0.1, 0.15) is 212 Å². The third-order valence-corrected chi connectivity index (χ3v) is 10.6. The minimum Gasteiger partial charge on any atom is -0.545 e. The summed E-state index contributed by atoms with van der Waals surface area (Å²) in [6.45, 7) is 2.47. The number of hydrogen-bond donors (Lipinski definition) is 1. The highest BCUT2D eigenvalue weighted by molar-refractivity contribution is 5.69. The van der Waals surface area contributed by atoms with E-state index >= 15 is 0 Å². The quantitative estimate of drug-likeness (QED) is 0.0214. The maximum atomic E-state index is 12.0. The normalized spacial score (nSPS) is 13.3. The van der Waals surface area contributed by atoms with Gasteiger partial charge in [-0.15, -0.1) is 0 Å². The van der Waals surface area contributed by atoms with E-state index in [0.29, 0.717) is 17.4 Å². The van der Waals surface area contributed by atoms with Gasteiger partial charge in [0.1, 0.15) is 19.3 Å². The van der Waals surface area contributed by atoms with Gasteiger partial charge in [0, 0.05) is 6.42 Å². The fourth-order valence-electron chi connectivity index (χ4n) is 6.84. The second-order valence-corrected chi connectivity index (χ2v) is 17.6. The molecule has 0 aliphatic rings. The van der Waals surface area contributed by atoms with Gasteiger partial charge in [-0.1, -0.05) is 197 Å². The molecule has 1 N–H and O–H groups in total. The molecule has 0 fully saturated rings. The molecule has 0 aromatic heterocycles. The number of ether oxygens (including phenoxy) is 3. The molecule has 0 aliphatic carbocycles. The molecule has 8 nitrogen and oxygen atoms in total. The van der Waals surface area contributed by atoms with Crippen molar-refractivity contribution in [3.63, 3.8) is 0 Å². The molecule has 0 heterocycles. The summed E-state index contributed by atoms with van der Waals surface area (Å²) in [5, 5.41) is 21.2. The summed E-state index contributed by atoms with van der Waals surface area (Å²) in [5.41, 5.74) is 0. The lowest BCUT2D eigenvalue weighted by Crippen LogP contribution is -2.44. The Morgan fingerprint density at radius 1 is 0.534 bits per heavy atom. The smallest absolute Gasteiger partial charge is 0.305 e. The Morgan fingerprint density at radius 2 is 0.914 bits per heavy atom. The Hall–Kier alpha value is -2.00. The van der Waals surface area contributed by atoms with Gasteiger partial charge in [-0.3, -0.25) is 4.79 Å². The Morgan fingerprint density at radius 3 is 1.31 bits per heavy atom. The summed E-state index contributed by atoms with van der Waals surface area (Å²) < 4.78 is 16.0. The van der Waals surface area contributed by atoms with Crippen LogP contribution in [0.25, 0.3) is 0 Å². The van der Waals surface area contributed by atoms with E-state index in [0.717, 1.165) is 32.1 Å². The van der Waals surface area contributed by atoms with Crippen molar-refractivity contribution in [2.24, 2.45) is 0 Å². The summed E-state index contributed by atoms with van der Waals surface area (Å²) in [6.07, 6.45) is 52.0. The van der Waals surface area contributed by atoms with Gasteiger partial charge in [0.25, 0.3) is 0 Å². The molecule has 0 rings (SSSR count). The van der Waals surface area contributed by atoms with Gasteiger partial charge in [-0.25, -0.2) is 0 Å². The van der Waals surface area contributed by atoms with E-state index in [1.807, 2.05) is 21.1 Å². The van der Waals surface area contributed by atoms with Gasteiger partial charge in [0.15, 0.2) is 6.29 Å². The molecule has 0 spiro atoms. The first-order chi connectivity index (χ1) is 28.2. The number of likely N-dealkylation sites (N-methyl/N-ethyl adjacent to an activating group) is 1. The Balaban J connectivity index is 3.37. The van der Waals surface area contributed by atoms with Crippen molar-refractivity contribution >= 4 is 11.9 Å². The highest BCUT2D eigenvalue weighted by Gasteiger charge is 2.17. The van der Waals surface area contributed by atoms with E-state index in [1.54, 1.807) is 0 Å². The molecular formula is C50H93NO7. The zero-order valence-corrected chi connectivity index (χ0v) is 38.4. The average molecular weight is 820 g/mol. The van der Waals surface area contributed by atoms with Crippen molar-refractivity contribution in [3.05, 3.63) is 36.5 Å². The number of carbonyl (C=O) groups is 2. The molecule has 58 heavy (non-hydrogen) atoms. The predicted molar refractivity (Wildman–Crippen MR) is 241 cm³/mol. The topological polar surface area (TPSA) is 105 Å². The largest absolute Gasteiger partial charge is 0.545 e. The molecule has 2 unspecified atom stereocenters. The van der Waals surface area contributed by atoms with Gasteiger partial charge in [-0.2, -0.15) is 0 Å². The van der Waals surface area contributed by atoms with Crippen molar-refractivity contribution in [1.82, 2.24) is 0 Å². The van der Waals surface area contributed by atoms with Crippen LogP contribution in [0.3, 0.4) is 0 Å². The van der Waals surface area contributed by atoms with Crippen LogP contribution >= 0.6 is 0 Å². The lowest BCUT2D eigenvalue weighted by atomic mass is 10.0. The molecular weight excluding hydrogens is 727 g/mol. The summed E-state index contributed by atoms with van der Waals surface area (Å²) in [5.74, 6) is -1.86. The number of carboxylic acid groups (broad SMARTS) is 1. The molecule has 340 valence electrons. The fraction of sp³-hybridized carbons (Fsp3) is 0.840. The number of allylic oxidation sites excluding steroid dienone is 6. The standard InChI is InChI=1S/C50H93NO7/c1-5-6-7-8-9-10-11-12-13-14-15-16-17-18-19-20-21-22-23-24-25-26-27-28-29-30-31-32-33-34-35-36-37-38-39-40-41-42-48(53)57-45-47(52)46-58-50(49(54)55)56-44-43-51(2,3)4/h11-12,14-15,17-18,47,50,52H,5-10,13,16,19-46H2,1-4H3/b12-11-,15-14-,18-17-. The van der Waals surface area contributed by atoms with Gasteiger partial charge >= 0.3 is 5.97 Å². The van der Waals surface area contributed by atoms with E-state index in [1.165, 1.54) is 167 Å². The first-order valence-corrected chi connectivity index (χ1v) is 24.2. The van der Waals surface area contributed by atoms with E-state index < -0.39 is 18.4 Å². The molecule has 0 amide bonds. The maximum absolute atomic E-state index is 12.0. The lowest BCUT2D eigenvalue weighted by molar-refractivity contribution is -0.870. The number of hydrogen-bond acceptors (Lipinski definition) is 7. The van der Waals surface area contributed by atoms with Gasteiger partial charge in [0.2, 0.25) is 0 Å². The van der Waals surface area contributed by atoms with E-state index in [2.05, 4.69) is 43.4 Å². The van der Waals surface area contributed by atoms with Crippen LogP contribution < -0.4 is 5.11 Å². The van der Waals surface area contributed by atoms with Gasteiger partial charge < -0.3 is 33.7 Å². The monoisotopic (exact) mass is 820 g/mol. The second-order valence-electron chi connectivity index (χ2n) is 17.6. The van der Waals surface area contributed by atoms with Crippen molar-refractivity contribution in [2.75, 3.05) is 47.5 Å². The molecule has 0 saturated heterocycles. The molecule has 8 heteroatoms. The van der Waals surface area contributed by atoms with Crippen LogP contribution in [0.15, 0.2) is 36.5 Å². The van der Waals surface area contributed by atoms with Gasteiger partial charge in [0.05, 0.1) is 40.3 Å². The van der Waals surface area contributed by atoms with Crippen LogP contribution in [-0.4, -0.2) is 81.4 Å². The minimum absolute atomic E-state index is 0.171. The van der Waals surface area contributed by atoms with Crippen LogP contribution in [0.5, 0.6) is 0 Å². The third-order valence-electron chi connectivity index (χ3n) is 10.6. The summed E-state index contributed by atoms with van der Waals surface area (Å²) >= 11 is 0. The Bertz CT molecular complexity index is 989. The molecule has 0 bridgehead atoms. The number of quaternary nitrogens is 1. The summed E-state index contributed by atoms with van der Waals surface area (Å²) in [7, 11) is 5.88. The molecule has 0 aromatic rings. The zero-order valence-electron chi connectivity index (χ0n) is 38.4. The summed E-state index contributed by atoms with van der Waals surface area (Å²) in [6, 6.07) is 0. The molecule has 0 radical (unpaired) electrons. The molecule has 2 atom stereocenters. The van der Waals surface area contributed by atoms with Crippen LogP contribution in [0.2, 0.25) is 0 Å². The number of rotatable bonds is 45. The molecule has 0 saturated carbocycles. The lowest BCUT2D eigenvalue weighted by Gasteiger charge is -2.26. The number of carboxylic acids is 1. The van der Waals surface area contributed by atoms with E-state index in [-0.39, 0.29) is 25.8 Å². The molecule has 0 aliphatic heterocycles. The number of unbranched alkanes of at least 4 members (excludes halogenated alkanes) is 27. The first-order valence-electron chi connectivity index (χ1n) is 24.2. The van der Waals surface area contributed by atoms with Crippen molar-refractivity contribution in [2.45, 2.75) is 225 Å². The van der Waals surface area contributed by atoms with Crippen LogP contribution in [0.4, 0.5) is 0 Å². The third kappa shape index (κ3) is 45.1.